The van der Waals surface area contributed by atoms with E-state index in [9.17, 15) is 4.79 Å². The Labute approximate surface area is 150 Å². The molecule has 2 atom stereocenters. The van der Waals surface area contributed by atoms with E-state index in [4.69, 9.17) is 4.52 Å². The molecule has 7 nitrogen and oxygen atoms in total. The highest BCUT2D eigenvalue weighted by molar-refractivity contribution is 5.74. The maximum atomic E-state index is 12.5. The van der Waals surface area contributed by atoms with Crippen LogP contribution in [0.5, 0.6) is 0 Å². The van der Waals surface area contributed by atoms with Crippen LogP contribution >= 0.6 is 0 Å². The van der Waals surface area contributed by atoms with E-state index < -0.39 is 0 Å². The molecule has 2 aliphatic rings. The molecule has 0 spiro atoms. The van der Waals surface area contributed by atoms with Crippen molar-refractivity contribution in [2.75, 3.05) is 19.6 Å². The van der Waals surface area contributed by atoms with E-state index in [0.717, 1.165) is 25.3 Å². The molecule has 3 heterocycles. The summed E-state index contributed by atoms with van der Waals surface area (Å²) in [6, 6.07) is 1.71. The summed E-state index contributed by atoms with van der Waals surface area (Å²) in [7, 11) is 0. The molecule has 0 saturated carbocycles. The van der Waals surface area contributed by atoms with Crippen LogP contribution in [-0.4, -0.2) is 63.7 Å². The Bertz CT molecular complexity index is 586. The molecule has 2 aliphatic heterocycles. The number of aromatic nitrogens is 2. The second kappa shape index (κ2) is 7.72. The summed E-state index contributed by atoms with van der Waals surface area (Å²) in [5.41, 5.74) is 0. The predicted molar refractivity (Wildman–Crippen MR) is 95.5 cm³/mol. The Kier molecular flexibility index (Phi) is 5.61. The number of hydrogen-bond acceptors (Lipinski definition) is 5. The van der Waals surface area contributed by atoms with Gasteiger partial charge in [0, 0.05) is 50.1 Å². The minimum atomic E-state index is 0.0276. The van der Waals surface area contributed by atoms with Crippen LogP contribution in [-0.2, 0) is 6.42 Å². The number of rotatable bonds is 5. The Morgan fingerprint density at radius 3 is 2.68 bits per heavy atom. The molecule has 140 valence electrons. The van der Waals surface area contributed by atoms with Crippen molar-refractivity contribution in [3.05, 3.63) is 11.7 Å². The van der Waals surface area contributed by atoms with Gasteiger partial charge in [0.25, 0.3) is 0 Å². The van der Waals surface area contributed by atoms with E-state index >= 15 is 0 Å². The molecule has 1 aromatic heterocycles. The standard InChI is InChI=1S/C18H31N5O2/c1-12(2)17-20-16(25-21-17)7-9-19-18(24)22-10-8-14-5-6-15(11-22)23(14)13(3)4/h12-15H,5-11H2,1-4H3,(H,19,24). The van der Waals surface area contributed by atoms with Gasteiger partial charge in [0.1, 0.15) is 0 Å². The SMILES string of the molecule is CC(C)c1noc(CCNC(=O)N2CCC3CCC(C2)N3C(C)C)n1. The topological polar surface area (TPSA) is 74.5 Å². The van der Waals surface area contributed by atoms with Crippen molar-refractivity contribution in [3.63, 3.8) is 0 Å². The lowest BCUT2D eigenvalue weighted by Crippen LogP contribution is -2.47. The lowest BCUT2D eigenvalue weighted by atomic mass is 10.1. The molecule has 2 saturated heterocycles. The van der Waals surface area contributed by atoms with Gasteiger partial charge in [-0.1, -0.05) is 19.0 Å². The van der Waals surface area contributed by atoms with E-state index in [1.165, 1.54) is 12.8 Å². The Morgan fingerprint density at radius 2 is 2.00 bits per heavy atom. The zero-order valence-electron chi connectivity index (χ0n) is 15.9. The van der Waals surface area contributed by atoms with Crippen LogP contribution in [0.3, 0.4) is 0 Å². The summed E-state index contributed by atoms with van der Waals surface area (Å²) in [6.45, 7) is 10.8. The number of hydrogen-bond donors (Lipinski definition) is 1. The molecule has 2 amide bonds. The normalized spacial score (nSPS) is 24.2. The van der Waals surface area contributed by atoms with Crippen LogP contribution in [0.4, 0.5) is 4.79 Å². The second-order valence-electron chi connectivity index (χ2n) is 7.84. The zero-order valence-corrected chi connectivity index (χ0v) is 15.9. The third-order valence-electron chi connectivity index (χ3n) is 5.34. The lowest BCUT2D eigenvalue weighted by molar-refractivity contribution is 0.147. The van der Waals surface area contributed by atoms with Crippen molar-refractivity contribution >= 4 is 6.03 Å². The van der Waals surface area contributed by atoms with Crippen LogP contribution in [0.1, 0.15) is 64.6 Å². The van der Waals surface area contributed by atoms with Crippen LogP contribution in [0.25, 0.3) is 0 Å². The Balaban J connectivity index is 1.48. The van der Waals surface area contributed by atoms with E-state index in [0.29, 0.717) is 37.0 Å². The van der Waals surface area contributed by atoms with Crippen molar-refractivity contribution in [2.24, 2.45) is 0 Å². The molecule has 2 unspecified atom stereocenters. The van der Waals surface area contributed by atoms with Gasteiger partial charge in [-0.05, 0) is 33.1 Å². The van der Waals surface area contributed by atoms with E-state index in [1.807, 2.05) is 18.7 Å². The van der Waals surface area contributed by atoms with Crippen LogP contribution in [0.2, 0.25) is 0 Å². The molecule has 7 heteroatoms. The van der Waals surface area contributed by atoms with Gasteiger partial charge in [0.2, 0.25) is 5.89 Å². The monoisotopic (exact) mass is 349 g/mol. The summed E-state index contributed by atoms with van der Waals surface area (Å²) < 4.78 is 5.22. The molecule has 1 N–H and O–H groups in total. The third kappa shape index (κ3) is 4.14. The van der Waals surface area contributed by atoms with Crippen molar-refractivity contribution in [3.8, 4) is 0 Å². The fraction of sp³-hybridized carbons (Fsp3) is 0.833. The maximum absolute atomic E-state index is 12.5. The molecule has 2 bridgehead atoms. The van der Waals surface area contributed by atoms with E-state index in [-0.39, 0.29) is 11.9 Å². The zero-order chi connectivity index (χ0) is 18.0. The number of likely N-dealkylation sites (tertiary alicyclic amines) is 1. The highest BCUT2D eigenvalue weighted by Gasteiger charge is 2.39. The predicted octanol–water partition coefficient (Wildman–Crippen LogP) is 2.39. The fourth-order valence-electron chi connectivity index (χ4n) is 4.13. The number of nitrogens with zero attached hydrogens (tertiary/aromatic N) is 4. The Hall–Kier alpha value is -1.63. The Morgan fingerprint density at radius 1 is 1.24 bits per heavy atom. The number of fused-ring (bicyclic) bond motifs is 2. The first-order valence-electron chi connectivity index (χ1n) is 9.58. The molecular formula is C18H31N5O2. The van der Waals surface area contributed by atoms with E-state index in [2.05, 4.69) is 34.2 Å². The summed E-state index contributed by atoms with van der Waals surface area (Å²) in [5.74, 6) is 1.56. The van der Waals surface area contributed by atoms with Crippen molar-refractivity contribution < 1.29 is 9.32 Å². The number of amides is 2. The molecule has 0 radical (unpaired) electrons. The number of carbonyl (C=O) groups excluding carboxylic acids is 1. The number of urea groups is 1. The summed E-state index contributed by atoms with van der Waals surface area (Å²) in [5, 5.41) is 6.96. The highest BCUT2D eigenvalue weighted by atomic mass is 16.5. The number of nitrogens with one attached hydrogen (secondary N) is 1. The maximum Gasteiger partial charge on any atom is 0.317 e. The highest BCUT2D eigenvalue weighted by Crippen LogP contribution is 2.31. The average molecular weight is 349 g/mol. The van der Waals surface area contributed by atoms with Crippen LogP contribution in [0, 0.1) is 0 Å². The van der Waals surface area contributed by atoms with Crippen molar-refractivity contribution in [1.82, 2.24) is 25.3 Å². The molecule has 0 aromatic carbocycles. The van der Waals surface area contributed by atoms with Crippen molar-refractivity contribution in [1.29, 1.82) is 0 Å². The summed E-state index contributed by atoms with van der Waals surface area (Å²) >= 11 is 0. The van der Waals surface area contributed by atoms with Crippen molar-refractivity contribution in [2.45, 2.75) is 77.4 Å². The molecule has 25 heavy (non-hydrogen) atoms. The smallest absolute Gasteiger partial charge is 0.317 e. The largest absolute Gasteiger partial charge is 0.339 e. The molecule has 3 rings (SSSR count). The minimum Gasteiger partial charge on any atom is -0.339 e. The van der Waals surface area contributed by atoms with Gasteiger partial charge in [0.05, 0.1) is 0 Å². The minimum absolute atomic E-state index is 0.0276. The van der Waals surface area contributed by atoms with Gasteiger partial charge >= 0.3 is 6.03 Å². The van der Waals surface area contributed by atoms with E-state index in [1.54, 1.807) is 0 Å². The number of carbonyl (C=O) groups is 1. The first kappa shape index (κ1) is 18.2. The summed E-state index contributed by atoms with van der Waals surface area (Å²) in [6.07, 6.45) is 4.12. The first-order valence-corrected chi connectivity index (χ1v) is 9.58. The van der Waals surface area contributed by atoms with Gasteiger partial charge in [-0.3, -0.25) is 4.90 Å². The molecule has 0 aliphatic carbocycles. The fourth-order valence-corrected chi connectivity index (χ4v) is 4.13. The van der Waals surface area contributed by atoms with Gasteiger partial charge in [-0.25, -0.2) is 4.79 Å². The lowest BCUT2D eigenvalue weighted by Gasteiger charge is -2.32. The molecular weight excluding hydrogens is 318 g/mol. The molecule has 2 fully saturated rings. The van der Waals surface area contributed by atoms with Gasteiger partial charge in [0.15, 0.2) is 5.82 Å². The van der Waals surface area contributed by atoms with Crippen LogP contribution in [0.15, 0.2) is 4.52 Å². The van der Waals surface area contributed by atoms with Gasteiger partial charge in [-0.2, -0.15) is 4.98 Å². The van der Waals surface area contributed by atoms with Gasteiger partial charge < -0.3 is 14.7 Å². The quantitative estimate of drug-likeness (QED) is 0.883. The average Bonchev–Trinajstić information content (AvgIpc) is 3.11. The first-order chi connectivity index (χ1) is 12.0. The van der Waals surface area contributed by atoms with Crippen LogP contribution < -0.4 is 5.32 Å². The second-order valence-corrected chi connectivity index (χ2v) is 7.84. The van der Waals surface area contributed by atoms with Gasteiger partial charge in [-0.15, -0.1) is 0 Å². The summed E-state index contributed by atoms with van der Waals surface area (Å²) in [4.78, 5) is 21.5. The molecule has 1 aromatic rings. The third-order valence-corrected chi connectivity index (χ3v) is 5.34.